The Labute approximate surface area is 141 Å². The normalized spacial score (nSPS) is 17.9. The van der Waals surface area contributed by atoms with Gasteiger partial charge < -0.3 is 4.90 Å². The molecule has 0 aromatic heterocycles. The molecule has 0 aliphatic carbocycles. The SMILES string of the molecule is CN1CCCC1=[N+]=C(Nc1c(Cl)cccc1Cl)N1CCCC1. The number of hydrogen-bond donors (Lipinski definition) is 1. The predicted molar refractivity (Wildman–Crippen MR) is 94.9 cm³/mol. The second kappa shape index (κ2) is 6.82. The number of benzene rings is 1. The van der Waals surface area contributed by atoms with E-state index >= 15 is 0 Å². The molecule has 22 heavy (non-hydrogen) atoms. The molecular formula is C16H21Cl2N4+. The third-order valence-corrected chi connectivity index (χ3v) is 4.80. The van der Waals surface area contributed by atoms with Crippen molar-refractivity contribution in [2.24, 2.45) is 0 Å². The summed E-state index contributed by atoms with van der Waals surface area (Å²) >= 11 is 12.6. The van der Waals surface area contributed by atoms with Crippen molar-refractivity contribution in [2.45, 2.75) is 25.7 Å². The second-order valence-corrected chi connectivity index (χ2v) is 6.61. The first-order valence-electron chi connectivity index (χ1n) is 7.77. The molecule has 2 heterocycles. The van der Waals surface area contributed by atoms with Crippen LogP contribution >= 0.6 is 23.2 Å². The molecule has 0 radical (unpaired) electrons. The minimum atomic E-state index is 0.615. The quantitative estimate of drug-likeness (QED) is 0.485. The smallest absolute Gasteiger partial charge is 0.302 e. The van der Waals surface area contributed by atoms with Crippen LogP contribution in [0.4, 0.5) is 5.69 Å². The number of rotatable bonds is 1. The van der Waals surface area contributed by atoms with Crippen molar-refractivity contribution in [3.63, 3.8) is 0 Å². The number of nitrogens with zero attached hydrogens (tertiary/aromatic N) is 3. The van der Waals surface area contributed by atoms with Crippen LogP contribution in [0, 0.1) is 0 Å². The number of guanidine groups is 1. The van der Waals surface area contributed by atoms with Crippen LogP contribution in [-0.4, -0.2) is 48.3 Å². The lowest BCUT2D eigenvalue weighted by atomic mass is 10.3. The Balaban J connectivity index is 1.97. The standard InChI is InChI=1S/C16H20Cl2N4/c1-21-9-5-8-14(21)19-16(22-10-2-3-11-22)20-15-12(17)6-4-7-13(15)18/h4,6-7H,2-3,5,8-11H2,1H3/p+1. The summed E-state index contributed by atoms with van der Waals surface area (Å²) in [6, 6.07) is 5.53. The summed E-state index contributed by atoms with van der Waals surface area (Å²) in [5, 5.41) is 4.60. The zero-order valence-corrected chi connectivity index (χ0v) is 14.3. The first kappa shape index (κ1) is 15.5. The summed E-state index contributed by atoms with van der Waals surface area (Å²) in [5.41, 5.74) is 0.734. The molecule has 1 N–H and O–H groups in total. The predicted octanol–water partition coefficient (Wildman–Crippen LogP) is 3.05. The molecule has 3 rings (SSSR count). The van der Waals surface area contributed by atoms with Crippen LogP contribution in [0.2, 0.25) is 10.0 Å². The van der Waals surface area contributed by atoms with Crippen molar-refractivity contribution >= 4 is 40.7 Å². The average molecular weight is 340 g/mol. The highest BCUT2D eigenvalue weighted by atomic mass is 35.5. The number of para-hydroxylation sites is 1. The molecule has 118 valence electrons. The summed E-state index contributed by atoms with van der Waals surface area (Å²) in [4.78, 5) is 4.49. The fourth-order valence-electron chi connectivity index (χ4n) is 2.89. The Morgan fingerprint density at radius 1 is 1.09 bits per heavy atom. The minimum absolute atomic E-state index is 0.615. The molecule has 0 spiro atoms. The fraction of sp³-hybridized carbons (Fsp3) is 0.500. The van der Waals surface area contributed by atoms with E-state index in [1.165, 1.54) is 12.8 Å². The van der Waals surface area contributed by atoms with Gasteiger partial charge in [0.15, 0.2) is 0 Å². The van der Waals surface area contributed by atoms with E-state index in [2.05, 4.69) is 22.2 Å². The Morgan fingerprint density at radius 3 is 2.36 bits per heavy atom. The van der Waals surface area contributed by atoms with E-state index in [0.717, 1.165) is 50.0 Å². The van der Waals surface area contributed by atoms with Crippen molar-refractivity contribution in [1.29, 1.82) is 0 Å². The molecule has 0 saturated carbocycles. The Bertz CT molecular complexity index is 596. The van der Waals surface area contributed by atoms with Gasteiger partial charge >= 0.3 is 5.96 Å². The highest BCUT2D eigenvalue weighted by Crippen LogP contribution is 2.30. The summed E-state index contributed by atoms with van der Waals surface area (Å²) in [5.74, 6) is 1.98. The number of hydrogen-bond acceptors (Lipinski definition) is 0. The van der Waals surface area contributed by atoms with Crippen LogP contribution < -0.4 is 9.98 Å². The van der Waals surface area contributed by atoms with Crippen molar-refractivity contribution in [1.82, 2.24) is 14.5 Å². The van der Waals surface area contributed by atoms with Gasteiger partial charge in [-0.25, -0.2) is 9.98 Å². The van der Waals surface area contributed by atoms with Crippen molar-refractivity contribution < 1.29 is 0 Å². The number of nitrogens with one attached hydrogen (secondary N) is 1. The molecule has 2 saturated heterocycles. The fourth-order valence-corrected chi connectivity index (χ4v) is 3.39. The van der Waals surface area contributed by atoms with Crippen LogP contribution in [0.1, 0.15) is 25.7 Å². The molecule has 2 aliphatic rings. The van der Waals surface area contributed by atoms with Gasteiger partial charge in [0.05, 0.1) is 29.7 Å². The minimum Gasteiger partial charge on any atom is -0.302 e. The van der Waals surface area contributed by atoms with Gasteiger partial charge in [-0.2, -0.15) is 0 Å². The molecule has 0 atom stereocenters. The largest absolute Gasteiger partial charge is 0.401 e. The maximum absolute atomic E-state index is 6.29. The van der Waals surface area contributed by atoms with Crippen LogP contribution in [0.5, 0.6) is 0 Å². The van der Waals surface area contributed by atoms with Crippen molar-refractivity contribution in [2.75, 3.05) is 32.0 Å². The van der Waals surface area contributed by atoms with Crippen molar-refractivity contribution in [3.05, 3.63) is 28.2 Å². The van der Waals surface area contributed by atoms with Crippen LogP contribution in [0.15, 0.2) is 18.2 Å². The van der Waals surface area contributed by atoms with Gasteiger partial charge in [0.2, 0.25) is 0 Å². The molecule has 4 nitrogen and oxygen atoms in total. The summed E-state index contributed by atoms with van der Waals surface area (Å²) < 4.78 is 4.87. The van der Waals surface area contributed by atoms with Gasteiger partial charge in [-0.15, -0.1) is 0 Å². The van der Waals surface area contributed by atoms with Crippen LogP contribution in [-0.2, 0) is 0 Å². The van der Waals surface area contributed by atoms with Gasteiger partial charge in [-0.1, -0.05) is 29.3 Å². The number of amidine groups is 1. The van der Waals surface area contributed by atoms with E-state index in [0.29, 0.717) is 10.0 Å². The second-order valence-electron chi connectivity index (χ2n) is 5.79. The average Bonchev–Trinajstić information content (AvgIpc) is 3.14. The lowest BCUT2D eigenvalue weighted by molar-refractivity contribution is 0.514. The van der Waals surface area contributed by atoms with Gasteiger partial charge in [0, 0.05) is 13.5 Å². The first-order chi connectivity index (χ1) is 10.6. The molecule has 0 unspecified atom stereocenters. The first-order valence-corrected chi connectivity index (χ1v) is 8.52. The summed E-state index contributed by atoms with van der Waals surface area (Å²) in [7, 11) is 2.09. The number of halogens is 2. The number of anilines is 1. The highest BCUT2D eigenvalue weighted by molar-refractivity contribution is 6.39. The molecule has 0 bridgehead atoms. The van der Waals surface area contributed by atoms with E-state index < -0.39 is 0 Å². The number of likely N-dealkylation sites (tertiary alicyclic amines) is 2. The highest BCUT2D eigenvalue weighted by Gasteiger charge is 2.27. The van der Waals surface area contributed by atoms with Crippen LogP contribution in [0.25, 0.3) is 0 Å². The maximum Gasteiger partial charge on any atom is 0.401 e. The van der Waals surface area contributed by atoms with Crippen LogP contribution in [0.3, 0.4) is 0 Å². The third-order valence-electron chi connectivity index (χ3n) is 4.17. The lowest BCUT2D eigenvalue weighted by Gasteiger charge is -2.14. The van der Waals surface area contributed by atoms with Gasteiger partial charge in [0.25, 0.3) is 5.84 Å². The monoisotopic (exact) mass is 339 g/mol. The zero-order chi connectivity index (χ0) is 15.5. The Hall–Kier alpha value is -1.35. The van der Waals surface area contributed by atoms with E-state index in [1.54, 1.807) is 0 Å². The molecule has 1 aromatic rings. The molecular weight excluding hydrogens is 319 g/mol. The topological polar surface area (TPSA) is 32.6 Å². The van der Waals surface area contributed by atoms with Gasteiger partial charge in [-0.3, -0.25) is 4.90 Å². The maximum atomic E-state index is 6.29. The molecule has 0 amide bonds. The van der Waals surface area contributed by atoms with E-state index in [1.807, 2.05) is 18.2 Å². The molecule has 2 fully saturated rings. The third kappa shape index (κ3) is 3.35. The lowest BCUT2D eigenvalue weighted by Crippen LogP contribution is -2.38. The van der Waals surface area contributed by atoms with Gasteiger partial charge in [0.1, 0.15) is 5.69 Å². The van der Waals surface area contributed by atoms with Crippen molar-refractivity contribution in [3.8, 4) is 0 Å². The van der Waals surface area contributed by atoms with E-state index in [4.69, 9.17) is 27.9 Å². The summed E-state index contributed by atoms with van der Waals surface area (Å²) in [6.07, 6.45) is 4.57. The Morgan fingerprint density at radius 2 is 1.77 bits per heavy atom. The Kier molecular flexibility index (Phi) is 4.82. The molecule has 6 heteroatoms. The molecule has 1 aromatic carbocycles. The molecule has 2 aliphatic heterocycles. The van der Waals surface area contributed by atoms with E-state index in [-0.39, 0.29) is 0 Å². The summed E-state index contributed by atoms with van der Waals surface area (Å²) in [6.45, 7) is 3.11. The van der Waals surface area contributed by atoms with E-state index in [9.17, 15) is 0 Å². The zero-order valence-electron chi connectivity index (χ0n) is 12.8. The van der Waals surface area contributed by atoms with Gasteiger partial charge in [-0.05, 0) is 31.4 Å².